The van der Waals surface area contributed by atoms with E-state index in [2.05, 4.69) is 13.8 Å². The van der Waals surface area contributed by atoms with Crippen molar-refractivity contribution in [2.75, 3.05) is 0 Å². The van der Waals surface area contributed by atoms with Gasteiger partial charge >= 0.3 is 5.97 Å². The SMILES string of the molecule is CCC(CC)CC(C(=O)O)c1ccc(Cl)cc1. The van der Waals surface area contributed by atoms with Gasteiger partial charge in [0.1, 0.15) is 0 Å². The van der Waals surface area contributed by atoms with E-state index in [1.807, 2.05) is 12.1 Å². The maximum absolute atomic E-state index is 11.3. The Morgan fingerprint density at radius 2 is 1.76 bits per heavy atom. The van der Waals surface area contributed by atoms with Gasteiger partial charge in [-0.2, -0.15) is 0 Å². The van der Waals surface area contributed by atoms with E-state index in [0.717, 1.165) is 18.4 Å². The lowest BCUT2D eigenvalue weighted by atomic mass is 9.86. The minimum Gasteiger partial charge on any atom is -0.481 e. The maximum atomic E-state index is 11.3. The molecule has 3 heteroatoms. The average molecular weight is 255 g/mol. The van der Waals surface area contributed by atoms with Gasteiger partial charge in [0.25, 0.3) is 0 Å². The normalized spacial score (nSPS) is 12.7. The van der Waals surface area contributed by atoms with Crippen LogP contribution in [0.2, 0.25) is 5.02 Å². The van der Waals surface area contributed by atoms with Gasteiger partial charge in [0.2, 0.25) is 0 Å². The number of benzene rings is 1. The van der Waals surface area contributed by atoms with Crippen LogP contribution in [0, 0.1) is 5.92 Å². The standard InChI is InChI=1S/C14H19ClO2/c1-3-10(4-2)9-13(14(16)17)11-5-7-12(15)8-6-11/h5-8,10,13H,3-4,9H2,1-2H3,(H,16,17). The van der Waals surface area contributed by atoms with Crippen LogP contribution >= 0.6 is 11.6 Å². The molecule has 0 heterocycles. The summed E-state index contributed by atoms with van der Waals surface area (Å²) in [4.78, 5) is 11.3. The fraction of sp³-hybridized carbons (Fsp3) is 0.500. The van der Waals surface area contributed by atoms with Gasteiger partial charge in [-0.1, -0.05) is 50.4 Å². The Morgan fingerprint density at radius 3 is 2.18 bits per heavy atom. The van der Waals surface area contributed by atoms with Gasteiger partial charge in [-0.15, -0.1) is 0 Å². The molecule has 1 atom stereocenters. The van der Waals surface area contributed by atoms with Crippen LogP contribution in [0.4, 0.5) is 0 Å². The first kappa shape index (κ1) is 14.0. The Balaban J connectivity index is 2.85. The molecule has 1 unspecified atom stereocenters. The van der Waals surface area contributed by atoms with Gasteiger partial charge in [-0.3, -0.25) is 4.79 Å². The highest BCUT2D eigenvalue weighted by Crippen LogP contribution is 2.28. The zero-order valence-electron chi connectivity index (χ0n) is 10.3. The summed E-state index contributed by atoms with van der Waals surface area (Å²) >= 11 is 5.81. The minimum atomic E-state index is -0.751. The number of hydrogen-bond donors (Lipinski definition) is 1. The summed E-state index contributed by atoms with van der Waals surface area (Å²) in [6.07, 6.45) is 2.74. The van der Waals surface area contributed by atoms with Crippen molar-refractivity contribution in [3.63, 3.8) is 0 Å². The molecule has 0 aliphatic rings. The summed E-state index contributed by atoms with van der Waals surface area (Å²) in [7, 11) is 0. The predicted octanol–water partition coefficient (Wildman–Crippen LogP) is 4.33. The maximum Gasteiger partial charge on any atom is 0.310 e. The van der Waals surface area contributed by atoms with E-state index in [9.17, 15) is 9.90 Å². The second kappa shape index (κ2) is 6.65. The van der Waals surface area contributed by atoms with Gasteiger partial charge < -0.3 is 5.11 Å². The fourth-order valence-corrected chi connectivity index (χ4v) is 2.16. The number of carboxylic acids is 1. The zero-order valence-corrected chi connectivity index (χ0v) is 11.1. The van der Waals surface area contributed by atoms with Gasteiger partial charge in [0.15, 0.2) is 0 Å². The first-order valence-electron chi connectivity index (χ1n) is 6.06. The molecular weight excluding hydrogens is 236 g/mol. The van der Waals surface area contributed by atoms with Crippen LogP contribution in [0.25, 0.3) is 0 Å². The molecule has 94 valence electrons. The molecule has 17 heavy (non-hydrogen) atoms. The van der Waals surface area contributed by atoms with Crippen LogP contribution in [0.5, 0.6) is 0 Å². The summed E-state index contributed by atoms with van der Waals surface area (Å²) in [5, 5.41) is 9.94. The van der Waals surface area contributed by atoms with Crippen LogP contribution in [-0.2, 0) is 4.79 Å². The van der Waals surface area contributed by atoms with Crippen molar-refractivity contribution >= 4 is 17.6 Å². The van der Waals surface area contributed by atoms with E-state index >= 15 is 0 Å². The second-order valence-electron chi connectivity index (χ2n) is 4.36. The number of aliphatic carboxylic acids is 1. The summed E-state index contributed by atoms with van der Waals surface area (Å²) in [6, 6.07) is 7.12. The second-order valence-corrected chi connectivity index (χ2v) is 4.80. The smallest absolute Gasteiger partial charge is 0.310 e. The number of rotatable bonds is 6. The number of carbonyl (C=O) groups is 1. The van der Waals surface area contributed by atoms with Crippen LogP contribution in [0.1, 0.15) is 44.6 Å². The summed E-state index contributed by atoms with van der Waals surface area (Å²) in [6.45, 7) is 4.21. The Morgan fingerprint density at radius 1 is 1.24 bits per heavy atom. The minimum absolute atomic E-state index is 0.419. The highest BCUT2D eigenvalue weighted by Gasteiger charge is 2.22. The number of hydrogen-bond acceptors (Lipinski definition) is 1. The molecule has 1 N–H and O–H groups in total. The van der Waals surface area contributed by atoms with Crippen molar-refractivity contribution in [1.82, 2.24) is 0 Å². The molecule has 2 nitrogen and oxygen atoms in total. The van der Waals surface area contributed by atoms with Crippen LogP contribution < -0.4 is 0 Å². The van der Waals surface area contributed by atoms with E-state index in [4.69, 9.17) is 11.6 Å². The van der Waals surface area contributed by atoms with E-state index in [1.165, 1.54) is 0 Å². The lowest BCUT2D eigenvalue weighted by molar-refractivity contribution is -0.139. The van der Waals surface area contributed by atoms with Gasteiger partial charge in [0, 0.05) is 5.02 Å². The Bertz CT molecular complexity index is 355. The van der Waals surface area contributed by atoms with Gasteiger partial charge in [-0.25, -0.2) is 0 Å². The lowest BCUT2D eigenvalue weighted by Crippen LogP contribution is -2.15. The third-order valence-corrected chi connectivity index (χ3v) is 3.55. The van der Waals surface area contributed by atoms with Crippen LogP contribution in [0.15, 0.2) is 24.3 Å². The first-order chi connectivity index (χ1) is 8.08. The van der Waals surface area contributed by atoms with Crippen LogP contribution in [-0.4, -0.2) is 11.1 Å². The lowest BCUT2D eigenvalue weighted by Gasteiger charge is -2.18. The van der Waals surface area contributed by atoms with Crippen molar-refractivity contribution in [2.45, 2.75) is 39.0 Å². The van der Waals surface area contributed by atoms with Crippen LogP contribution in [0.3, 0.4) is 0 Å². The average Bonchev–Trinajstić information content (AvgIpc) is 2.32. The number of carboxylic acid groups (broad SMARTS) is 1. The summed E-state index contributed by atoms with van der Waals surface area (Å²) in [5.74, 6) is -0.705. The topological polar surface area (TPSA) is 37.3 Å². The largest absolute Gasteiger partial charge is 0.481 e. The van der Waals surface area contributed by atoms with Gasteiger partial charge in [0.05, 0.1) is 5.92 Å². The molecule has 0 saturated carbocycles. The third kappa shape index (κ3) is 4.04. The molecule has 1 aromatic rings. The Hall–Kier alpha value is -1.02. The predicted molar refractivity (Wildman–Crippen MR) is 70.5 cm³/mol. The fourth-order valence-electron chi connectivity index (χ4n) is 2.03. The molecule has 0 saturated heterocycles. The molecule has 0 bridgehead atoms. The molecule has 0 amide bonds. The third-order valence-electron chi connectivity index (χ3n) is 3.29. The molecule has 1 rings (SSSR count). The number of halogens is 1. The molecular formula is C14H19ClO2. The zero-order chi connectivity index (χ0) is 12.8. The van der Waals surface area contributed by atoms with E-state index in [-0.39, 0.29) is 0 Å². The highest BCUT2D eigenvalue weighted by molar-refractivity contribution is 6.30. The quantitative estimate of drug-likeness (QED) is 0.820. The summed E-state index contributed by atoms with van der Waals surface area (Å²) in [5.41, 5.74) is 0.841. The van der Waals surface area contributed by atoms with Gasteiger partial charge in [-0.05, 0) is 30.0 Å². The Labute approximate surface area is 108 Å². The highest BCUT2D eigenvalue weighted by atomic mass is 35.5. The molecule has 0 radical (unpaired) electrons. The van der Waals surface area contributed by atoms with Crippen molar-refractivity contribution in [1.29, 1.82) is 0 Å². The van der Waals surface area contributed by atoms with Crippen molar-refractivity contribution in [3.8, 4) is 0 Å². The van der Waals surface area contributed by atoms with E-state index in [1.54, 1.807) is 12.1 Å². The molecule has 1 aromatic carbocycles. The van der Waals surface area contributed by atoms with E-state index in [0.29, 0.717) is 17.4 Å². The summed E-state index contributed by atoms with van der Waals surface area (Å²) < 4.78 is 0. The Kier molecular flexibility index (Phi) is 5.49. The van der Waals surface area contributed by atoms with Crippen molar-refractivity contribution < 1.29 is 9.90 Å². The monoisotopic (exact) mass is 254 g/mol. The van der Waals surface area contributed by atoms with Crippen molar-refractivity contribution in [2.24, 2.45) is 5.92 Å². The molecule has 0 aromatic heterocycles. The van der Waals surface area contributed by atoms with Crippen molar-refractivity contribution in [3.05, 3.63) is 34.9 Å². The molecule has 0 aliphatic heterocycles. The molecule has 0 fully saturated rings. The van der Waals surface area contributed by atoms with E-state index < -0.39 is 11.9 Å². The molecule has 0 aliphatic carbocycles. The molecule has 0 spiro atoms. The first-order valence-corrected chi connectivity index (χ1v) is 6.44.